The number of Topliss-reactive ketones (excluding diaryl/α,β-unsaturated/α-hetero) is 1. The Morgan fingerprint density at radius 1 is 1.35 bits per heavy atom. The summed E-state index contributed by atoms with van der Waals surface area (Å²) in [5.74, 6) is -0.286. The molecule has 0 amide bonds. The number of nitrogens with zero attached hydrogens (tertiary/aromatic N) is 2. The Hall–Kier alpha value is -1.91. The van der Waals surface area contributed by atoms with Gasteiger partial charge in [-0.15, -0.1) is 0 Å². The maximum Gasteiger partial charge on any atom is 0.280 e. The molecule has 0 fully saturated rings. The van der Waals surface area contributed by atoms with Crippen molar-refractivity contribution in [3.63, 3.8) is 0 Å². The summed E-state index contributed by atoms with van der Waals surface area (Å²) in [6, 6.07) is 4.66. The average Bonchev–Trinajstić information content (AvgIpc) is 2.30. The average molecular weight is 236 g/mol. The summed E-state index contributed by atoms with van der Waals surface area (Å²) < 4.78 is 0. The molecule has 0 N–H and O–H groups in total. The Morgan fingerprint density at radius 2 is 1.94 bits per heavy atom. The third-order valence-electron chi connectivity index (χ3n) is 2.68. The molecule has 0 aliphatic carbocycles. The van der Waals surface area contributed by atoms with Gasteiger partial charge in [0.15, 0.2) is 5.78 Å². The molecule has 0 atom stereocenters. The summed E-state index contributed by atoms with van der Waals surface area (Å²) in [4.78, 5) is 23.7. The number of hydrogen-bond donors (Lipinski definition) is 0. The monoisotopic (exact) mass is 236 g/mol. The molecule has 0 bridgehead atoms. The Morgan fingerprint density at radius 3 is 2.35 bits per heavy atom. The van der Waals surface area contributed by atoms with E-state index in [-0.39, 0.29) is 17.0 Å². The fourth-order valence-corrected chi connectivity index (χ4v) is 1.75. The molecule has 92 valence electrons. The number of anilines is 1. The van der Waals surface area contributed by atoms with E-state index >= 15 is 0 Å². The van der Waals surface area contributed by atoms with Crippen LogP contribution < -0.4 is 4.90 Å². The highest BCUT2D eigenvalue weighted by Crippen LogP contribution is 2.25. The normalized spacial score (nSPS) is 10.1. The summed E-state index contributed by atoms with van der Waals surface area (Å²) in [7, 11) is 0. The predicted octanol–water partition coefficient (Wildman–Crippen LogP) is 2.64. The summed E-state index contributed by atoms with van der Waals surface area (Å²) in [6.07, 6.45) is 0. The molecule has 0 radical (unpaired) electrons. The molecule has 1 rings (SSSR count). The zero-order chi connectivity index (χ0) is 13.0. The summed E-state index contributed by atoms with van der Waals surface area (Å²) >= 11 is 0. The van der Waals surface area contributed by atoms with E-state index < -0.39 is 4.92 Å². The van der Waals surface area contributed by atoms with Gasteiger partial charge in [0.2, 0.25) is 0 Å². The van der Waals surface area contributed by atoms with Crippen LogP contribution in [0.2, 0.25) is 0 Å². The van der Waals surface area contributed by atoms with Crippen LogP contribution in [0.25, 0.3) is 0 Å². The molecule has 0 aliphatic rings. The van der Waals surface area contributed by atoms with Gasteiger partial charge in [-0.25, -0.2) is 0 Å². The third-order valence-corrected chi connectivity index (χ3v) is 2.68. The second-order valence-electron chi connectivity index (χ2n) is 3.69. The van der Waals surface area contributed by atoms with E-state index in [4.69, 9.17) is 0 Å². The third kappa shape index (κ3) is 2.81. The van der Waals surface area contributed by atoms with E-state index in [9.17, 15) is 14.9 Å². The van der Waals surface area contributed by atoms with Gasteiger partial charge in [0.1, 0.15) is 0 Å². The zero-order valence-electron chi connectivity index (χ0n) is 10.3. The van der Waals surface area contributed by atoms with Crippen LogP contribution in [0.5, 0.6) is 0 Å². The number of ketones is 1. The van der Waals surface area contributed by atoms with Crippen LogP contribution in [0.1, 0.15) is 31.1 Å². The van der Waals surface area contributed by atoms with Crippen LogP contribution in [0, 0.1) is 10.1 Å². The molecule has 0 spiro atoms. The SMILES string of the molecule is CCN(CC)c1ccc([N+](=O)[O-])c(C(C)=O)c1. The molecule has 1 aromatic carbocycles. The molecule has 5 nitrogen and oxygen atoms in total. The molecule has 0 saturated heterocycles. The highest BCUT2D eigenvalue weighted by Gasteiger charge is 2.18. The van der Waals surface area contributed by atoms with Crippen molar-refractivity contribution in [3.05, 3.63) is 33.9 Å². The number of benzene rings is 1. The predicted molar refractivity (Wildman–Crippen MR) is 66.7 cm³/mol. The Kier molecular flexibility index (Phi) is 4.20. The second-order valence-corrected chi connectivity index (χ2v) is 3.69. The Balaban J connectivity index is 3.27. The standard InChI is InChI=1S/C12H16N2O3/c1-4-13(5-2)10-6-7-12(14(16)17)11(8-10)9(3)15/h6-8H,4-5H2,1-3H3. The van der Waals surface area contributed by atoms with Crippen molar-refractivity contribution in [3.8, 4) is 0 Å². The van der Waals surface area contributed by atoms with Crippen LogP contribution in [-0.4, -0.2) is 23.8 Å². The van der Waals surface area contributed by atoms with Crippen LogP contribution in [0.4, 0.5) is 11.4 Å². The molecule has 0 aliphatic heterocycles. The Bertz CT molecular complexity index is 439. The number of carbonyl (C=O) groups excluding carboxylic acids is 1. The number of rotatable bonds is 5. The molecule has 0 heterocycles. The summed E-state index contributed by atoms with van der Waals surface area (Å²) in [5.41, 5.74) is 0.874. The number of nitro benzene ring substituents is 1. The maximum absolute atomic E-state index is 11.4. The van der Waals surface area contributed by atoms with E-state index in [2.05, 4.69) is 0 Å². The second kappa shape index (κ2) is 5.43. The highest BCUT2D eigenvalue weighted by molar-refractivity contribution is 5.99. The summed E-state index contributed by atoms with van der Waals surface area (Å²) in [5, 5.41) is 10.8. The minimum atomic E-state index is -0.525. The maximum atomic E-state index is 11.4. The van der Waals surface area contributed by atoms with Gasteiger partial charge in [0.25, 0.3) is 5.69 Å². The zero-order valence-corrected chi connectivity index (χ0v) is 10.3. The first-order valence-electron chi connectivity index (χ1n) is 5.55. The van der Waals surface area contributed by atoms with Gasteiger partial charge in [-0.2, -0.15) is 0 Å². The molecule has 0 unspecified atom stereocenters. The lowest BCUT2D eigenvalue weighted by Crippen LogP contribution is -2.22. The smallest absolute Gasteiger partial charge is 0.280 e. The highest BCUT2D eigenvalue weighted by atomic mass is 16.6. The fourth-order valence-electron chi connectivity index (χ4n) is 1.75. The molecular formula is C12H16N2O3. The van der Waals surface area contributed by atoms with Gasteiger partial charge >= 0.3 is 0 Å². The van der Waals surface area contributed by atoms with E-state index in [1.54, 1.807) is 12.1 Å². The number of nitro groups is 1. The van der Waals surface area contributed by atoms with Gasteiger partial charge in [-0.3, -0.25) is 14.9 Å². The fraction of sp³-hybridized carbons (Fsp3) is 0.417. The van der Waals surface area contributed by atoms with Gasteiger partial charge in [0, 0.05) is 24.8 Å². The molecule has 1 aromatic rings. The van der Waals surface area contributed by atoms with Crippen molar-refractivity contribution in [1.29, 1.82) is 0 Å². The van der Waals surface area contributed by atoms with Crippen molar-refractivity contribution in [1.82, 2.24) is 0 Å². The lowest BCUT2D eigenvalue weighted by Gasteiger charge is -2.21. The van der Waals surface area contributed by atoms with Crippen molar-refractivity contribution in [2.45, 2.75) is 20.8 Å². The van der Waals surface area contributed by atoms with Crippen molar-refractivity contribution < 1.29 is 9.72 Å². The minimum absolute atomic E-state index is 0.131. The van der Waals surface area contributed by atoms with Gasteiger partial charge in [0.05, 0.1) is 10.5 Å². The number of carbonyl (C=O) groups is 1. The lowest BCUT2D eigenvalue weighted by atomic mass is 10.1. The van der Waals surface area contributed by atoms with E-state index in [1.807, 2.05) is 18.7 Å². The molecule has 5 heteroatoms. The molecule has 0 aromatic heterocycles. The summed E-state index contributed by atoms with van der Waals surface area (Å²) in [6.45, 7) is 6.93. The quantitative estimate of drug-likeness (QED) is 0.448. The number of hydrogen-bond acceptors (Lipinski definition) is 4. The van der Waals surface area contributed by atoms with Crippen LogP contribution in [0.3, 0.4) is 0 Å². The Labute approximate surface area is 100 Å². The van der Waals surface area contributed by atoms with Gasteiger partial charge < -0.3 is 4.90 Å². The van der Waals surface area contributed by atoms with Crippen molar-refractivity contribution in [2.24, 2.45) is 0 Å². The molecule has 17 heavy (non-hydrogen) atoms. The first-order valence-corrected chi connectivity index (χ1v) is 5.55. The van der Waals surface area contributed by atoms with E-state index in [0.717, 1.165) is 18.8 Å². The van der Waals surface area contributed by atoms with Crippen LogP contribution in [0.15, 0.2) is 18.2 Å². The van der Waals surface area contributed by atoms with Crippen LogP contribution in [-0.2, 0) is 0 Å². The first kappa shape index (κ1) is 13.2. The van der Waals surface area contributed by atoms with Crippen molar-refractivity contribution in [2.75, 3.05) is 18.0 Å². The van der Waals surface area contributed by atoms with Gasteiger partial charge in [-0.1, -0.05) is 0 Å². The first-order chi connectivity index (χ1) is 8.01. The van der Waals surface area contributed by atoms with E-state index in [0.29, 0.717) is 0 Å². The largest absolute Gasteiger partial charge is 0.372 e. The topological polar surface area (TPSA) is 63.4 Å². The van der Waals surface area contributed by atoms with Gasteiger partial charge in [-0.05, 0) is 32.9 Å². The molecular weight excluding hydrogens is 220 g/mol. The van der Waals surface area contributed by atoms with Crippen molar-refractivity contribution >= 4 is 17.2 Å². The van der Waals surface area contributed by atoms with Crippen LogP contribution >= 0.6 is 0 Å². The molecule has 0 saturated carbocycles. The minimum Gasteiger partial charge on any atom is -0.372 e. The van der Waals surface area contributed by atoms with E-state index in [1.165, 1.54) is 13.0 Å². The lowest BCUT2D eigenvalue weighted by molar-refractivity contribution is -0.385.